The Balaban J connectivity index is 1.44. The van der Waals surface area contributed by atoms with Crippen LogP contribution in [0.3, 0.4) is 0 Å². The molecule has 1 aromatic carbocycles. The van der Waals surface area contributed by atoms with Gasteiger partial charge in [0, 0.05) is 31.8 Å². The minimum Gasteiger partial charge on any atom is -0.376 e. The number of fused-ring (bicyclic) bond motifs is 1. The molecule has 0 saturated carbocycles. The number of hydrogen-bond acceptors (Lipinski definition) is 3. The van der Waals surface area contributed by atoms with Gasteiger partial charge in [0.1, 0.15) is 0 Å². The maximum atomic E-state index is 12.8. The molecule has 1 atom stereocenters. The minimum absolute atomic E-state index is 0.0859. The summed E-state index contributed by atoms with van der Waals surface area (Å²) in [7, 11) is 0. The standard InChI is InChI=1S/C20H23F3N4O2/c21-20(22,23)15-6-4-14(5-7-15)18-11-16-13-26(8-2-9-27(16)25-18)19(28)24-12-17-3-1-10-29-17/h4-7,11,17H,1-3,8-10,12-13H2,(H,24,28)/t17-/m0/s1. The van der Waals surface area contributed by atoms with Gasteiger partial charge in [0.05, 0.1) is 29.6 Å². The molecule has 0 spiro atoms. The van der Waals surface area contributed by atoms with E-state index in [9.17, 15) is 18.0 Å². The van der Waals surface area contributed by atoms with Crippen molar-refractivity contribution in [3.8, 4) is 11.3 Å². The zero-order chi connectivity index (χ0) is 20.4. The van der Waals surface area contributed by atoms with Crippen LogP contribution in [0.2, 0.25) is 0 Å². The van der Waals surface area contributed by atoms with Crippen molar-refractivity contribution < 1.29 is 22.7 Å². The van der Waals surface area contributed by atoms with E-state index in [1.807, 2.05) is 10.7 Å². The second-order valence-corrected chi connectivity index (χ2v) is 7.42. The number of hydrogen-bond donors (Lipinski definition) is 1. The molecule has 2 aromatic rings. The van der Waals surface area contributed by atoms with Crippen LogP contribution in [0.1, 0.15) is 30.5 Å². The topological polar surface area (TPSA) is 59.4 Å². The Labute approximate surface area is 166 Å². The number of ether oxygens (including phenoxy) is 1. The van der Waals surface area contributed by atoms with Crippen LogP contribution in [-0.2, 0) is 24.0 Å². The molecule has 9 heteroatoms. The molecule has 2 aliphatic heterocycles. The molecule has 2 aliphatic rings. The van der Waals surface area contributed by atoms with E-state index in [0.29, 0.717) is 37.4 Å². The van der Waals surface area contributed by atoms with Gasteiger partial charge >= 0.3 is 12.2 Å². The molecule has 0 unspecified atom stereocenters. The summed E-state index contributed by atoms with van der Waals surface area (Å²) in [5, 5.41) is 7.47. The summed E-state index contributed by atoms with van der Waals surface area (Å²) >= 11 is 0. The fourth-order valence-corrected chi connectivity index (χ4v) is 3.72. The number of carbonyl (C=O) groups excluding carboxylic acids is 1. The lowest BCUT2D eigenvalue weighted by Gasteiger charge is -2.21. The second-order valence-electron chi connectivity index (χ2n) is 7.42. The molecule has 0 radical (unpaired) electrons. The van der Waals surface area contributed by atoms with Crippen molar-refractivity contribution in [1.82, 2.24) is 20.0 Å². The summed E-state index contributed by atoms with van der Waals surface area (Å²) in [6.45, 7) is 2.94. The number of amides is 2. The molecule has 1 N–H and O–H groups in total. The van der Waals surface area contributed by atoms with Crippen LogP contribution in [0.5, 0.6) is 0 Å². The monoisotopic (exact) mass is 408 g/mol. The van der Waals surface area contributed by atoms with Crippen molar-refractivity contribution in [3.63, 3.8) is 0 Å². The molecule has 0 bridgehead atoms. The van der Waals surface area contributed by atoms with E-state index in [0.717, 1.165) is 43.7 Å². The lowest BCUT2D eigenvalue weighted by atomic mass is 10.1. The molecular formula is C20H23F3N4O2. The minimum atomic E-state index is -4.36. The van der Waals surface area contributed by atoms with E-state index >= 15 is 0 Å². The quantitative estimate of drug-likeness (QED) is 0.843. The molecule has 1 aromatic heterocycles. The van der Waals surface area contributed by atoms with Crippen molar-refractivity contribution in [2.75, 3.05) is 19.7 Å². The van der Waals surface area contributed by atoms with E-state index in [-0.39, 0.29) is 12.1 Å². The smallest absolute Gasteiger partial charge is 0.376 e. The van der Waals surface area contributed by atoms with E-state index in [2.05, 4.69) is 10.4 Å². The fourth-order valence-electron chi connectivity index (χ4n) is 3.72. The lowest BCUT2D eigenvalue weighted by Crippen LogP contribution is -2.42. The predicted octanol–water partition coefficient (Wildman–Crippen LogP) is 3.66. The summed E-state index contributed by atoms with van der Waals surface area (Å²) in [4.78, 5) is 14.3. The van der Waals surface area contributed by atoms with Crippen molar-refractivity contribution in [2.45, 2.75) is 44.6 Å². The summed E-state index contributed by atoms with van der Waals surface area (Å²) in [6, 6.07) is 6.68. The number of aromatic nitrogens is 2. The maximum Gasteiger partial charge on any atom is 0.416 e. The third-order valence-corrected chi connectivity index (χ3v) is 5.31. The summed E-state index contributed by atoms with van der Waals surface area (Å²) in [5.74, 6) is 0. The summed E-state index contributed by atoms with van der Waals surface area (Å²) in [6.07, 6.45) is -1.53. The van der Waals surface area contributed by atoms with E-state index in [1.54, 1.807) is 4.90 Å². The molecular weight excluding hydrogens is 385 g/mol. The number of urea groups is 1. The SMILES string of the molecule is O=C(NC[C@@H]1CCCO1)N1CCCn2nc(-c3ccc(C(F)(F)F)cc3)cc2C1. The zero-order valence-corrected chi connectivity index (χ0v) is 15.9. The normalized spacial score (nSPS) is 19.7. The van der Waals surface area contributed by atoms with Gasteiger partial charge < -0.3 is 15.0 Å². The van der Waals surface area contributed by atoms with Gasteiger partial charge in [0.2, 0.25) is 0 Å². The van der Waals surface area contributed by atoms with Crippen LogP contribution in [0.15, 0.2) is 30.3 Å². The van der Waals surface area contributed by atoms with E-state index < -0.39 is 11.7 Å². The Kier molecular flexibility index (Phi) is 5.49. The number of nitrogens with zero attached hydrogens (tertiary/aromatic N) is 3. The van der Waals surface area contributed by atoms with Crippen molar-refractivity contribution >= 4 is 6.03 Å². The van der Waals surface area contributed by atoms with E-state index in [4.69, 9.17) is 4.74 Å². The average Bonchev–Trinajstić information content (AvgIpc) is 3.31. The highest BCUT2D eigenvalue weighted by atomic mass is 19.4. The molecule has 156 valence electrons. The largest absolute Gasteiger partial charge is 0.416 e. The summed E-state index contributed by atoms with van der Waals surface area (Å²) < 4.78 is 45.7. The van der Waals surface area contributed by atoms with E-state index in [1.165, 1.54) is 12.1 Å². The van der Waals surface area contributed by atoms with Crippen LogP contribution >= 0.6 is 0 Å². The van der Waals surface area contributed by atoms with Crippen LogP contribution in [0.25, 0.3) is 11.3 Å². The maximum absolute atomic E-state index is 12.8. The molecule has 29 heavy (non-hydrogen) atoms. The Morgan fingerprint density at radius 3 is 2.69 bits per heavy atom. The number of benzene rings is 1. The molecule has 6 nitrogen and oxygen atoms in total. The molecule has 4 rings (SSSR count). The highest BCUT2D eigenvalue weighted by molar-refractivity contribution is 5.74. The first-order valence-corrected chi connectivity index (χ1v) is 9.79. The van der Waals surface area contributed by atoms with Gasteiger partial charge in [-0.2, -0.15) is 18.3 Å². The number of halogens is 3. The first kappa shape index (κ1) is 19.8. The van der Waals surface area contributed by atoms with Crippen LogP contribution < -0.4 is 5.32 Å². The summed E-state index contributed by atoms with van der Waals surface area (Å²) in [5.41, 5.74) is 1.41. The first-order chi connectivity index (χ1) is 13.9. The predicted molar refractivity (Wildman–Crippen MR) is 100 cm³/mol. The second kappa shape index (κ2) is 8.06. The Hall–Kier alpha value is -2.55. The van der Waals surface area contributed by atoms with Crippen LogP contribution in [0.4, 0.5) is 18.0 Å². The fraction of sp³-hybridized carbons (Fsp3) is 0.500. The number of rotatable bonds is 3. The number of nitrogens with one attached hydrogen (secondary N) is 1. The third kappa shape index (κ3) is 4.55. The highest BCUT2D eigenvalue weighted by Crippen LogP contribution is 2.31. The van der Waals surface area contributed by atoms with Gasteiger partial charge in [-0.3, -0.25) is 4.68 Å². The van der Waals surface area contributed by atoms with Gasteiger partial charge in [-0.05, 0) is 37.5 Å². The lowest BCUT2D eigenvalue weighted by molar-refractivity contribution is -0.137. The van der Waals surface area contributed by atoms with Crippen molar-refractivity contribution in [3.05, 3.63) is 41.6 Å². The molecule has 1 fully saturated rings. The number of alkyl halides is 3. The highest BCUT2D eigenvalue weighted by Gasteiger charge is 2.30. The Morgan fingerprint density at radius 2 is 2.00 bits per heavy atom. The number of carbonyl (C=O) groups is 1. The molecule has 3 heterocycles. The Morgan fingerprint density at radius 1 is 1.21 bits per heavy atom. The third-order valence-electron chi connectivity index (χ3n) is 5.31. The first-order valence-electron chi connectivity index (χ1n) is 9.79. The van der Waals surface area contributed by atoms with Crippen molar-refractivity contribution in [2.24, 2.45) is 0 Å². The zero-order valence-electron chi connectivity index (χ0n) is 15.9. The van der Waals surface area contributed by atoms with Crippen molar-refractivity contribution in [1.29, 1.82) is 0 Å². The number of aryl methyl sites for hydroxylation is 1. The molecule has 2 amide bonds. The van der Waals surface area contributed by atoms with Gasteiger partial charge in [-0.15, -0.1) is 0 Å². The van der Waals surface area contributed by atoms with Gasteiger partial charge in [0.25, 0.3) is 0 Å². The van der Waals surface area contributed by atoms with Gasteiger partial charge in [-0.25, -0.2) is 4.79 Å². The molecule has 0 aliphatic carbocycles. The van der Waals surface area contributed by atoms with Gasteiger partial charge in [0.15, 0.2) is 0 Å². The average molecular weight is 408 g/mol. The van der Waals surface area contributed by atoms with Crippen LogP contribution in [-0.4, -0.2) is 46.5 Å². The van der Waals surface area contributed by atoms with Crippen LogP contribution in [0, 0.1) is 0 Å². The van der Waals surface area contributed by atoms with Gasteiger partial charge in [-0.1, -0.05) is 12.1 Å². The molecule has 1 saturated heterocycles. The Bertz CT molecular complexity index is 858.